The molecular formula is C17H27NO2. The molecule has 1 aromatic rings. The minimum absolute atomic E-state index is 0.368. The van der Waals surface area contributed by atoms with Gasteiger partial charge in [0.1, 0.15) is 5.75 Å². The van der Waals surface area contributed by atoms with Crippen LogP contribution in [0.3, 0.4) is 0 Å². The van der Waals surface area contributed by atoms with Crippen molar-refractivity contribution >= 4 is 0 Å². The molecular weight excluding hydrogens is 250 g/mol. The van der Waals surface area contributed by atoms with Crippen LogP contribution in [0, 0.1) is 5.92 Å². The number of nitrogens with one attached hydrogen (secondary N) is 1. The Labute approximate surface area is 122 Å². The molecule has 1 unspecified atom stereocenters. The lowest BCUT2D eigenvalue weighted by atomic mass is 10.1. The van der Waals surface area contributed by atoms with Crippen molar-refractivity contribution in [1.29, 1.82) is 0 Å². The standard InChI is InChI=1S/C17H27NO2/c1-3-18-14(2)4-5-15-8-10-17(11-9-15)20-13-19-12-16-6-7-16/h8-11,14,16,18H,3-7,12-13H2,1-2H3. The third-order valence-electron chi connectivity index (χ3n) is 3.70. The minimum atomic E-state index is 0.368. The molecule has 1 aliphatic carbocycles. The molecule has 1 aliphatic rings. The van der Waals surface area contributed by atoms with E-state index in [9.17, 15) is 0 Å². The monoisotopic (exact) mass is 277 g/mol. The summed E-state index contributed by atoms with van der Waals surface area (Å²) in [4.78, 5) is 0. The maximum atomic E-state index is 5.57. The third-order valence-corrected chi connectivity index (χ3v) is 3.70. The van der Waals surface area contributed by atoms with Gasteiger partial charge in [-0.15, -0.1) is 0 Å². The van der Waals surface area contributed by atoms with Gasteiger partial charge in [0.05, 0.1) is 6.61 Å². The van der Waals surface area contributed by atoms with Gasteiger partial charge in [0.15, 0.2) is 6.79 Å². The zero-order chi connectivity index (χ0) is 14.2. The molecule has 0 bridgehead atoms. The summed E-state index contributed by atoms with van der Waals surface area (Å²) in [5.74, 6) is 1.68. The fraction of sp³-hybridized carbons (Fsp3) is 0.647. The highest BCUT2D eigenvalue weighted by atomic mass is 16.7. The molecule has 1 saturated carbocycles. The van der Waals surface area contributed by atoms with E-state index in [2.05, 4.69) is 31.3 Å². The molecule has 0 aliphatic heterocycles. The van der Waals surface area contributed by atoms with Crippen LogP contribution >= 0.6 is 0 Å². The Morgan fingerprint density at radius 1 is 1.25 bits per heavy atom. The summed E-state index contributed by atoms with van der Waals surface area (Å²) in [6.07, 6.45) is 4.91. The van der Waals surface area contributed by atoms with Gasteiger partial charge in [0, 0.05) is 6.04 Å². The molecule has 1 N–H and O–H groups in total. The number of benzene rings is 1. The van der Waals surface area contributed by atoms with Gasteiger partial charge >= 0.3 is 0 Å². The Balaban J connectivity index is 1.63. The van der Waals surface area contributed by atoms with Crippen molar-refractivity contribution < 1.29 is 9.47 Å². The topological polar surface area (TPSA) is 30.5 Å². The van der Waals surface area contributed by atoms with Gasteiger partial charge in [-0.05, 0) is 62.8 Å². The highest BCUT2D eigenvalue weighted by Crippen LogP contribution is 2.28. The summed E-state index contributed by atoms with van der Waals surface area (Å²) in [5, 5.41) is 3.43. The lowest BCUT2D eigenvalue weighted by Gasteiger charge is -2.12. The number of hydrogen-bond donors (Lipinski definition) is 1. The lowest BCUT2D eigenvalue weighted by Crippen LogP contribution is -2.25. The molecule has 1 fully saturated rings. The summed E-state index contributed by atoms with van der Waals surface area (Å²) in [6, 6.07) is 8.94. The molecule has 20 heavy (non-hydrogen) atoms. The van der Waals surface area contributed by atoms with Gasteiger partial charge in [-0.1, -0.05) is 19.1 Å². The van der Waals surface area contributed by atoms with Crippen LogP contribution in [0.4, 0.5) is 0 Å². The molecule has 0 spiro atoms. The van der Waals surface area contributed by atoms with Gasteiger partial charge in [-0.2, -0.15) is 0 Å². The smallest absolute Gasteiger partial charge is 0.189 e. The van der Waals surface area contributed by atoms with Crippen LogP contribution in [0.5, 0.6) is 5.75 Å². The summed E-state index contributed by atoms with van der Waals surface area (Å²) in [6.45, 7) is 6.63. The van der Waals surface area contributed by atoms with Crippen LogP contribution in [0.25, 0.3) is 0 Å². The average Bonchev–Trinajstić information content (AvgIpc) is 3.27. The van der Waals surface area contributed by atoms with Crippen molar-refractivity contribution in [2.75, 3.05) is 19.9 Å². The second-order valence-corrected chi connectivity index (χ2v) is 5.72. The van der Waals surface area contributed by atoms with Crippen molar-refractivity contribution in [3.63, 3.8) is 0 Å². The second-order valence-electron chi connectivity index (χ2n) is 5.72. The largest absolute Gasteiger partial charge is 0.468 e. The number of hydrogen-bond acceptors (Lipinski definition) is 3. The zero-order valence-corrected chi connectivity index (χ0v) is 12.7. The average molecular weight is 277 g/mol. The first-order valence-corrected chi connectivity index (χ1v) is 7.80. The highest BCUT2D eigenvalue weighted by Gasteiger charge is 2.21. The summed E-state index contributed by atoms with van der Waals surface area (Å²) in [7, 11) is 0. The van der Waals surface area contributed by atoms with E-state index in [0.29, 0.717) is 12.8 Å². The predicted molar refractivity (Wildman–Crippen MR) is 82.1 cm³/mol. The lowest BCUT2D eigenvalue weighted by molar-refractivity contribution is 0.00997. The fourth-order valence-electron chi connectivity index (χ4n) is 2.20. The van der Waals surface area contributed by atoms with E-state index in [1.165, 1.54) is 24.8 Å². The van der Waals surface area contributed by atoms with Gasteiger partial charge < -0.3 is 14.8 Å². The minimum Gasteiger partial charge on any atom is -0.468 e. The maximum absolute atomic E-state index is 5.57. The Morgan fingerprint density at radius 3 is 2.65 bits per heavy atom. The molecule has 0 radical (unpaired) electrons. The van der Waals surface area contributed by atoms with E-state index in [4.69, 9.17) is 9.47 Å². The molecule has 2 rings (SSSR count). The van der Waals surface area contributed by atoms with Crippen LogP contribution < -0.4 is 10.1 Å². The van der Waals surface area contributed by atoms with Crippen molar-refractivity contribution in [2.24, 2.45) is 5.92 Å². The Kier molecular flexibility index (Phi) is 6.34. The highest BCUT2D eigenvalue weighted by molar-refractivity contribution is 5.27. The first kappa shape index (κ1) is 15.3. The Hall–Kier alpha value is -1.06. The summed E-state index contributed by atoms with van der Waals surface area (Å²) < 4.78 is 11.0. The van der Waals surface area contributed by atoms with Gasteiger partial charge in [0.2, 0.25) is 0 Å². The van der Waals surface area contributed by atoms with E-state index < -0.39 is 0 Å². The third kappa shape index (κ3) is 5.93. The van der Waals surface area contributed by atoms with Crippen molar-refractivity contribution in [3.8, 4) is 5.75 Å². The quantitative estimate of drug-likeness (QED) is 0.525. The van der Waals surface area contributed by atoms with E-state index in [0.717, 1.165) is 31.2 Å². The maximum Gasteiger partial charge on any atom is 0.189 e. The molecule has 3 heteroatoms. The van der Waals surface area contributed by atoms with Gasteiger partial charge in [0.25, 0.3) is 0 Å². The van der Waals surface area contributed by atoms with Crippen molar-refractivity contribution in [2.45, 2.75) is 45.6 Å². The van der Waals surface area contributed by atoms with E-state index in [-0.39, 0.29) is 0 Å². The second kappa shape index (κ2) is 8.28. The summed E-state index contributed by atoms with van der Waals surface area (Å²) >= 11 is 0. The summed E-state index contributed by atoms with van der Waals surface area (Å²) in [5.41, 5.74) is 1.36. The van der Waals surface area contributed by atoms with Crippen LogP contribution in [0.1, 0.15) is 38.7 Å². The molecule has 3 nitrogen and oxygen atoms in total. The van der Waals surface area contributed by atoms with Crippen molar-refractivity contribution in [3.05, 3.63) is 29.8 Å². The number of ether oxygens (including phenoxy) is 2. The molecule has 0 amide bonds. The van der Waals surface area contributed by atoms with Gasteiger partial charge in [-0.3, -0.25) is 0 Å². The molecule has 0 heterocycles. The van der Waals surface area contributed by atoms with Crippen LogP contribution in [0.2, 0.25) is 0 Å². The predicted octanol–water partition coefficient (Wildman–Crippen LogP) is 3.38. The molecule has 0 aromatic heterocycles. The number of aryl methyl sites for hydroxylation is 1. The Bertz CT molecular complexity index is 373. The SMILES string of the molecule is CCNC(C)CCc1ccc(OCOCC2CC2)cc1. The Morgan fingerprint density at radius 2 is 2.00 bits per heavy atom. The fourth-order valence-corrected chi connectivity index (χ4v) is 2.20. The van der Waals surface area contributed by atoms with E-state index in [1.54, 1.807) is 0 Å². The van der Waals surface area contributed by atoms with Crippen LogP contribution in [0.15, 0.2) is 24.3 Å². The molecule has 1 aromatic carbocycles. The van der Waals surface area contributed by atoms with Crippen LogP contribution in [-0.4, -0.2) is 26.0 Å². The molecule has 1 atom stereocenters. The van der Waals surface area contributed by atoms with Gasteiger partial charge in [-0.25, -0.2) is 0 Å². The molecule has 0 saturated heterocycles. The van der Waals surface area contributed by atoms with E-state index >= 15 is 0 Å². The van der Waals surface area contributed by atoms with Crippen molar-refractivity contribution in [1.82, 2.24) is 5.32 Å². The molecule has 112 valence electrons. The van der Waals surface area contributed by atoms with Crippen LogP contribution in [-0.2, 0) is 11.2 Å². The first-order valence-electron chi connectivity index (χ1n) is 7.80. The van der Waals surface area contributed by atoms with E-state index in [1.807, 2.05) is 12.1 Å². The zero-order valence-electron chi connectivity index (χ0n) is 12.7. The normalized spacial score (nSPS) is 16.1. The first-order chi connectivity index (χ1) is 9.78. The number of rotatable bonds is 10.